The molecule has 1 unspecified atom stereocenters. The summed E-state index contributed by atoms with van der Waals surface area (Å²) >= 11 is 0. The van der Waals surface area contributed by atoms with Crippen LogP contribution >= 0.6 is 0 Å². The van der Waals surface area contributed by atoms with Crippen molar-refractivity contribution >= 4 is 5.78 Å². The van der Waals surface area contributed by atoms with Crippen molar-refractivity contribution in [3.8, 4) is 6.07 Å². The molecule has 1 heterocycles. The minimum absolute atomic E-state index is 0.200. The molecule has 0 aliphatic heterocycles. The summed E-state index contributed by atoms with van der Waals surface area (Å²) in [6.45, 7) is 1.86. The molecular weight excluding hydrogens is 224 g/mol. The van der Waals surface area contributed by atoms with E-state index in [1.165, 1.54) is 0 Å². The van der Waals surface area contributed by atoms with Crippen molar-refractivity contribution in [1.29, 1.82) is 5.26 Å². The van der Waals surface area contributed by atoms with Gasteiger partial charge in [0.05, 0.1) is 11.8 Å². The van der Waals surface area contributed by atoms with E-state index >= 15 is 0 Å². The van der Waals surface area contributed by atoms with E-state index in [4.69, 9.17) is 0 Å². The fourth-order valence-corrected chi connectivity index (χ4v) is 1.81. The highest BCUT2D eigenvalue weighted by Crippen LogP contribution is 2.20. The highest BCUT2D eigenvalue weighted by molar-refractivity contribution is 6.03. The second-order valence-corrected chi connectivity index (χ2v) is 4.00. The van der Waals surface area contributed by atoms with E-state index in [-0.39, 0.29) is 5.78 Å². The first kappa shape index (κ1) is 12.0. The van der Waals surface area contributed by atoms with E-state index in [0.717, 1.165) is 5.56 Å². The lowest BCUT2D eigenvalue weighted by Crippen LogP contribution is -2.13. The third-order valence-electron chi connectivity index (χ3n) is 2.79. The van der Waals surface area contributed by atoms with Crippen molar-refractivity contribution in [1.82, 2.24) is 4.98 Å². The summed E-state index contributed by atoms with van der Waals surface area (Å²) in [5.74, 6) is -1.04. The lowest BCUT2D eigenvalue weighted by molar-refractivity contribution is 0.0977. The number of ketones is 1. The lowest BCUT2D eigenvalue weighted by atomic mass is 9.93. The molecule has 0 aliphatic rings. The zero-order valence-electron chi connectivity index (χ0n) is 10.00. The Hall–Kier alpha value is -2.47. The Morgan fingerprint density at radius 3 is 2.56 bits per heavy atom. The third-order valence-corrected chi connectivity index (χ3v) is 2.79. The van der Waals surface area contributed by atoms with E-state index in [1.807, 2.05) is 25.1 Å². The molecule has 0 amide bonds. The maximum atomic E-state index is 12.3. The smallest absolute Gasteiger partial charge is 0.186 e. The Bertz CT molecular complexity index is 599. The SMILES string of the molecule is Cc1ccccc1C(=O)C(C#N)c1ccccn1. The van der Waals surface area contributed by atoms with Crippen LogP contribution in [0.25, 0.3) is 0 Å². The van der Waals surface area contributed by atoms with E-state index in [1.54, 1.807) is 36.5 Å². The summed E-state index contributed by atoms with van der Waals surface area (Å²) in [5.41, 5.74) is 1.95. The molecule has 0 saturated carbocycles. The topological polar surface area (TPSA) is 53.8 Å². The molecule has 0 aliphatic carbocycles. The van der Waals surface area contributed by atoms with Gasteiger partial charge in [-0.25, -0.2) is 0 Å². The van der Waals surface area contributed by atoms with Crippen LogP contribution in [0.3, 0.4) is 0 Å². The fraction of sp³-hybridized carbons (Fsp3) is 0.133. The summed E-state index contributed by atoms with van der Waals surface area (Å²) in [7, 11) is 0. The van der Waals surface area contributed by atoms with Gasteiger partial charge < -0.3 is 0 Å². The quantitative estimate of drug-likeness (QED) is 0.770. The summed E-state index contributed by atoms with van der Waals surface area (Å²) in [4.78, 5) is 16.4. The van der Waals surface area contributed by atoms with Crippen LogP contribution in [0.1, 0.15) is 27.5 Å². The highest BCUT2D eigenvalue weighted by Gasteiger charge is 2.23. The van der Waals surface area contributed by atoms with Gasteiger partial charge in [-0.1, -0.05) is 30.3 Å². The molecule has 1 aromatic heterocycles. The Morgan fingerprint density at radius 1 is 1.22 bits per heavy atom. The summed E-state index contributed by atoms with van der Waals surface area (Å²) in [5, 5.41) is 9.19. The maximum absolute atomic E-state index is 12.3. The fourth-order valence-electron chi connectivity index (χ4n) is 1.81. The number of carbonyl (C=O) groups is 1. The van der Waals surface area contributed by atoms with Gasteiger partial charge in [0.1, 0.15) is 0 Å². The van der Waals surface area contributed by atoms with E-state index in [2.05, 4.69) is 4.98 Å². The Balaban J connectivity index is 2.39. The first-order valence-corrected chi connectivity index (χ1v) is 5.64. The second kappa shape index (κ2) is 5.24. The predicted octanol–water partition coefficient (Wildman–Crippen LogP) is 2.88. The van der Waals surface area contributed by atoms with Crippen LogP contribution in [0.5, 0.6) is 0 Å². The van der Waals surface area contributed by atoms with Crippen LogP contribution in [-0.4, -0.2) is 10.8 Å². The second-order valence-electron chi connectivity index (χ2n) is 4.00. The number of aromatic nitrogens is 1. The minimum Gasteiger partial charge on any atom is -0.292 e. The molecule has 88 valence electrons. The van der Waals surface area contributed by atoms with Gasteiger partial charge in [0.2, 0.25) is 0 Å². The number of Topliss-reactive ketones (excluding diaryl/α,β-unsaturated/α-hetero) is 1. The number of pyridine rings is 1. The van der Waals surface area contributed by atoms with Crippen molar-refractivity contribution in [2.24, 2.45) is 0 Å². The molecule has 18 heavy (non-hydrogen) atoms. The minimum atomic E-state index is -0.840. The zero-order chi connectivity index (χ0) is 13.0. The van der Waals surface area contributed by atoms with Crippen molar-refractivity contribution in [2.75, 3.05) is 0 Å². The van der Waals surface area contributed by atoms with Crippen LogP contribution < -0.4 is 0 Å². The van der Waals surface area contributed by atoms with Gasteiger partial charge in [0.25, 0.3) is 0 Å². The lowest BCUT2D eigenvalue weighted by Gasteiger charge is -2.09. The van der Waals surface area contributed by atoms with Crippen molar-refractivity contribution in [3.05, 3.63) is 65.5 Å². The number of nitriles is 1. The van der Waals surface area contributed by atoms with Gasteiger partial charge >= 0.3 is 0 Å². The van der Waals surface area contributed by atoms with Crippen molar-refractivity contribution in [2.45, 2.75) is 12.8 Å². The van der Waals surface area contributed by atoms with Crippen LogP contribution in [0.15, 0.2) is 48.7 Å². The number of rotatable bonds is 3. The number of benzene rings is 1. The monoisotopic (exact) mass is 236 g/mol. The molecule has 0 N–H and O–H groups in total. The molecule has 1 atom stereocenters. The molecule has 1 aromatic carbocycles. The average Bonchev–Trinajstić information content (AvgIpc) is 2.41. The largest absolute Gasteiger partial charge is 0.292 e. The van der Waals surface area contributed by atoms with E-state index in [0.29, 0.717) is 11.3 Å². The Labute approximate surface area is 106 Å². The molecule has 0 saturated heterocycles. The average molecular weight is 236 g/mol. The van der Waals surface area contributed by atoms with Gasteiger partial charge in [-0.05, 0) is 24.6 Å². The van der Waals surface area contributed by atoms with Gasteiger partial charge in [0, 0.05) is 11.8 Å². The normalized spacial score (nSPS) is 11.6. The van der Waals surface area contributed by atoms with Crippen molar-refractivity contribution in [3.63, 3.8) is 0 Å². The summed E-state index contributed by atoms with van der Waals surface area (Å²) in [6, 6.07) is 14.5. The molecule has 3 heteroatoms. The number of aryl methyl sites for hydroxylation is 1. The standard InChI is InChI=1S/C15H12N2O/c1-11-6-2-3-7-12(11)15(18)13(10-16)14-8-4-5-9-17-14/h2-9,13H,1H3. The summed E-state index contributed by atoms with van der Waals surface area (Å²) < 4.78 is 0. The zero-order valence-corrected chi connectivity index (χ0v) is 10.00. The first-order chi connectivity index (χ1) is 8.74. The molecule has 2 aromatic rings. The van der Waals surface area contributed by atoms with Crippen molar-refractivity contribution < 1.29 is 4.79 Å². The molecular formula is C15H12N2O. The molecule has 2 rings (SSSR count). The highest BCUT2D eigenvalue weighted by atomic mass is 16.1. The van der Waals surface area contributed by atoms with Crippen LogP contribution in [0.2, 0.25) is 0 Å². The number of hydrogen-bond donors (Lipinski definition) is 0. The first-order valence-electron chi connectivity index (χ1n) is 5.64. The van der Waals surface area contributed by atoms with Gasteiger partial charge in [-0.3, -0.25) is 9.78 Å². The molecule has 0 fully saturated rings. The van der Waals surface area contributed by atoms with Gasteiger partial charge in [-0.2, -0.15) is 5.26 Å². The Morgan fingerprint density at radius 2 is 1.94 bits per heavy atom. The van der Waals surface area contributed by atoms with Crippen LogP contribution in [0, 0.1) is 18.3 Å². The number of carbonyl (C=O) groups excluding carboxylic acids is 1. The van der Waals surface area contributed by atoms with Crippen LogP contribution in [-0.2, 0) is 0 Å². The molecule has 0 spiro atoms. The molecule has 0 radical (unpaired) electrons. The van der Waals surface area contributed by atoms with Crippen LogP contribution in [0.4, 0.5) is 0 Å². The van der Waals surface area contributed by atoms with Gasteiger partial charge in [0.15, 0.2) is 11.7 Å². The predicted molar refractivity (Wildman–Crippen MR) is 68.1 cm³/mol. The van der Waals surface area contributed by atoms with E-state index < -0.39 is 5.92 Å². The molecule has 0 bridgehead atoms. The Kier molecular flexibility index (Phi) is 3.49. The van der Waals surface area contributed by atoms with Gasteiger partial charge in [-0.15, -0.1) is 0 Å². The number of nitrogens with zero attached hydrogens (tertiary/aromatic N) is 2. The summed E-state index contributed by atoms with van der Waals surface area (Å²) in [6.07, 6.45) is 1.59. The van der Waals surface area contributed by atoms with E-state index in [9.17, 15) is 10.1 Å². The third kappa shape index (κ3) is 2.28. The number of hydrogen-bond acceptors (Lipinski definition) is 3. The maximum Gasteiger partial charge on any atom is 0.186 e. The molecule has 3 nitrogen and oxygen atoms in total.